The fourth-order valence-electron chi connectivity index (χ4n) is 4.95. The highest BCUT2D eigenvalue weighted by molar-refractivity contribution is 5.14. The van der Waals surface area contributed by atoms with E-state index in [9.17, 15) is 0 Å². The highest BCUT2D eigenvalue weighted by Crippen LogP contribution is 2.62. The second kappa shape index (κ2) is 2.50. The van der Waals surface area contributed by atoms with Gasteiger partial charge in [-0.25, -0.2) is 0 Å². The molecule has 0 aliphatic heterocycles. The van der Waals surface area contributed by atoms with Crippen LogP contribution in [-0.4, -0.2) is 24.5 Å². The highest BCUT2D eigenvalue weighted by Gasteiger charge is 2.60. The van der Waals surface area contributed by atoms with Crippen LogP contribution in [0.25, 0.3) is 0 Å². The van der Waals surface area contributed by atoms with E-state index in [-0.39, 0.29) is 0 Å². The van der Waals surface area contributed by atoms with E-state index in [1.165, 1.54) is 25.7 Å². The average molecular weight is 179 g/mol. The molecule has 0 spiro atoms. The lowest BCUT2D eigenvalue weighted by atomic mass is 9.74. The Kier molecular flexibility index (Phi) is 1.59. The van der Waals surface area contributed by atoms with Gasteiger partial charge in [-0.2, -0.15) is 0 Å². The Hall–Kier alpha value is -0.0400. The number of fused-ring (bicyclic) bond motifs is 5. The molecule has 13 heavy (non-hydrogen) atoms. The van der Waals surface area contributed by atoms with Crippen LogP contribution in [0.5, 0.6) is 0 Å². The van der Waals surface area contributed by atoms with Crippen molar-refractivity contribution in [1.82, 2.24) is 4.90 Å². The number of hydrogen-bond acceptors (Lipinski definition) is 1. The van der Waals surface area contributed by atoms with Crippen molar-refractivity contribution in [2.24, 2.45) is 17.8 Å². The molecule has 3 aliphatic carbocycles. The van der Waals surface area contributed by atoms with Crippen molar-refractivity contribution >= 4 is 0 Å². The van der Waals surface area contributed by atoms with Gasteiger partial charge in [-0.15, -0.1) is 0 Å². The molecule has 0 N–H and O–H groups in total. The van der Waals surface area contributed by atoms with E-state index in [1.54, 1.807) is 12.8 Å². The van der Waals surface area contributed by atoms with Gasteiger partial charge in [0.25, 0.3) is 0 Å². The first kappa shape index (κ1) is 8.28. The summed E-state index contributed by atoms with van der Waals surface area (Å²) in [5.41, 5.74) is 0.656. The summed E-state index contributed by atoms with van der Waals surface area (Å²) in [5, 5.41) is 0. The summed E-state index contributed by atoms with van der Waals surface area (Å²) in [4.78, 5) is 2.58. The van der Waals surface area contributed by atoms with Crippen LogP contribution in [0, 0.1) is 17.8 Å². The minimum atomic E-state index is 0.656. The van der Waals surface area contributed by atoms with Crippen molar-refractivity contribution < 1.29 is 0 Å². The first-order valence-electron chi connectivity index (χ1n) is 5.92. The van der Waals surface area contributed by atoms with E-state index in [0.717, 1.165) is 17.8 Å². The molecular weight excluding hydrogens is 158 g/mol. The zero-order valence-corrected chi connectivity index (χ0v) is 8.92. The molecule has 2 bridgehead atoms. The van der Waals surface area contributed by atoms with Crippen LogP contribution in [0.15, 0.2) is 0 Å². The van der Waals surface area contributed by atoms with Crippen molar-refractivity contribution in [3.05, 3.63) is 0 Å². The Morgan fingerprint density at radius 3 is 2.69 bits per heavy atom. The van der Waals surface area contributed by atoms with Gasteiger partial charge in [0.05, 0.1) is 0 Å². The SMILES string of the molecule is CN(C)[C@@]12CCC[C@H]1[C@@H]1CC[C@@H]2C1. The third-order valence-electron chi connectivity index (χ3n) is 5.32. The molecule has 1 nitrogen and oxygen atoms in total. The van der Waals surface area contributed by atoms with Gasteiger partial charge in [0.1, 0.15) is 0 Å². The summed E-state index contributed by atoms with van der Waals surface area (Å²) in [6.07, 6.45) is 9.15. The van der Waals surface area contributed by atoms with Gasteiger partial charge in [0.15, 0.2) is 0 Å². The van der Waals surface area contributed by atoms with E-state index in [0.29, 0.717) is 5.54 Å². The second-order valence-corrected chi connectivity index (χ2v) is 5.65. The maximum Gasteiger partial charge on any atom is 0.0262 e. The molecule has 1 heteroatoms. The summed E-state index contributed by atoms with van der Waals surface area (Å²) in [6, 6.07) is 0. The second-order valence-electron chi connectivity index (χ2n) is 5.65. The van der Waals surface area contributed by atoms with Gasteiger partial charge in [-0.3, -0.25) is 0 Å². The van der Waals surface area contributed by atoms with E-state index in [2.05, 4.69) is 19.0 Å². The molecule has 0 unspecified atom stereocenters. The third kappa shape index (κ3) is 0.823. The van der Waals surface area contributed by atoms with Crippen LogP contribution in [0.2, 0.25) is 0 Å². The van der Waals surface area contributed by atoms with Crippen LogP contribution in [0.1, 0.15) is 38.5 Å². The molecule has 3 rings (SSSR count). The maximum atomic E-state index is 2.58. The van der Waals surface area contributed by atoms with Crippen molar-refractivity contribution in [3.63, 3.8) is 0 Å². The Bertz CT molecular complexity index is 223. The molecule has 3 aliphatic rings. The topological polar surface area (TPSA) is 3.24 Å². The molecule has 0 aromatic heterocycles. The summed E-state index contributed by atoms with van der Waals surface area (Å²) < 4.78 is 0. The Balaban J connectivity index is 1.99. The average Bonchev–Trinajstić information content (AvgIpc) is 2.76. The van der Waals surface area contributed by atoms with Gasteiger partial charge in [0, 0.05) is 5.54 Å². The molecule has 0 heterocycles. The van der Waals surface area contributed by atoms with Crippen LogP contribution >= 0.6 is 0 Å². The van der Waals surface area contributed by atoms with Gasteiger partial charge in [-0.05, 0) is 64.0 Å². The van der Waals surface area contributed by atoms with E-state index < -0.39 is 0 Å². The monoisotopic (exact) mass is 179 g/mol. The summed E-state index contributed by atoms with van der Waals surface area (Å²) in [7, 11) is 4.64. The van der Waals surface area contributed by atoms with E-state index in [4.69, 9.17) is 0 Å². The van der Waals surface area contributed by atoms with Gasteiger partial charge in [0.2, 0.25) is 0 Å². The van der Waals surface area contributed by atoms with Crippen LogP contribution in [0.3, 0.4) is 0 Å². The van der Waals surface area contributed by atoms with E-state index >= 15 is 0 Å². The fraction of sp³-hybridized carbons (Fsp3) is 1.00. The Morgan fingerprint density at radius 2 is 2.00 bits per heavy atom. The lowest BCUT2D eigenvalue weighted by Crippen LogP contribution is -2.51. The lowest BCUT2D eigenvalue weighted by molar-refractivity contribution is 0.0487. The number of rotatable bonds is 1. The molecule has 0 aromatic rings. The largest absolute Gasteiger partial charge is 0.303 e. The number of hydrogen-bond donors (Lipinski definition) is 0. The highest BCUT2D eigenvalue weighted by atomic mass is 15.2. The summed E-state index contributed by atoms with van der Waals surface area (Å²) in [5.74, 6) is 3.23. The quantitative estimate of drug-likeness (QED) is 0.598. The molecular formula is C12H21N. The van der Waals surface area contributed by atoms with E-state index in [1.807, 2.05) is 0 Å². The van der Waals surface area contributed by atoms with Gasteiger partial charge >= 0.3 is 0 Å². The van der Waals surface area contributed by atoms with Crippen molar-refractivity contribution in [2.75, 3.05) is 14.1 Å². The van der Waals surface area contributed by atoms with Crippen molar-refractivity contribution in [1.29, 1.82) is 0 Å². The zero-order chi connectivity index (χ0) is 9.05. The molecule has 3 fully saturated rings. The van der Waals surface area contributed by atoms with Gasteiger partial charge < -0.3 is 4.90 Å². The van der Waals surface area contributed by atoms with Gasteiger partial charge in [-0.1, -0.05) is 6.42 Å². The summed E-state index contributed by atoms with van der Waals surface area (Å²) >= 11 is 0. The predicted molar refractivity (Wildman–Crippen MR) is 54.6 cm³/mol. The fourth-order valence-corrected chi connectivity index (χ4v) is 4.95. The molecule has 0 amide bonds. The summed E-state index contributed by atoms with van der Waals surface area (Å²) in [6.45, 7) is 0. The molecule has 0 radical (unpaired) electrons. The molecule has 4 atom stereocenters. The zero-order valence-electron chi connectivity index (χ0n) is 8.92. The number of nitrogens with zero attached hydrogens (tertiary/aromatic N) is 1. The predicted octanol–water partition coefficient (Wildman–Crippen LogP) is 2.52. The molecule has 3 saturated carbocycles. The Morgan fingerprint density at radius 1 is 1.15 bits per heavy atom. The lowest BCUT2D eigenvalue weighted by Gasteiger charge is -2.45. The standard InChI is InChI=1S/C12H21N/c1-13(2)12-7-3-4-11(12)9-5-6-10(12)8-9/h9-11H,3-8H2,1-2H3/t9-,10-,11+,12-/m1/s1. The minimum Gasteiger partial charge on any atom is -0.303 e. The van der Waals surface area contributed by atoms with Crippen LogP contribution in [-0.2, 0) is 0 Å². The minimum absolute atomic E-state index is 0.656. The Labute approximate surface area is 81.5 Å². The van der Waals surface area contributed by atoms with Crippen molar-refractivity contribution in [2.45, 2.75) is 44.1 Å². The van der Waals surface area contributed by atoms with Crippen molar-refractivity contribution in [3.8, 4) is 0 Å². The third-order valence-corrected chi connectivity index (χ3v) is 5.32. The first-order valence-corrected chi connectivity index (χ1v) is 5.92. The van der Waals surface area contributed by atoms with Crippen LogP contribution in [0.4, 0.5) is 0 Å². The molecule has 0 aromatic carbocycles. The normalized spacial score (nSPS) is 53.3. The molecule has 74 valence electrons. The maximum absolute atomic E-state index is 2.58. The van der Waals surface area contributed by atoms with Crippen LogP contribution < -0.4 is 0 Å². The molecule has 0 saturated heterocycles. The smallest absolute Gasteiger partial charge is 0.0262 e. The first-order chi connectivity index (χ1) is 6.25.